The van der Waals surface area contributed by atoms with E-state index in [1.54, 1.807) is 0 Å². The molecule has 0 bridgehead atoms. The Morgan fingerprint density at radius 3 is 2.83 bits per heavy atom. The number of H-pyrrole nitrogens is 1. The number of rotatable bonds is 5. The first kappa shape index (κ1) is 12.8. The molecule has 0 saturated heterocycles. The van der Waals surface area contributed by atoms with Crippen molar-refractivity contribution in [3.05, 3.63) is 57.0 Å². The minimum Gasteiger partial charge on any atom is -0.369 e. The van der Waals surface area contributed by atoms with E-state index in [-0.39, 0.29) is 5.56 Å². The minimum atomic E-state index is -0.171. The maximum Gasteiger partial charge on any atom is 0.267 e. The number of nitrogens with one attached hydrogen (secondary N) is 2. The van der Waals surface area contributed by atoms with Gasteiger partial charge in [-0.15, -0.1) is 0 Å². The third-order valence-corrected chi connectivity index (χ3v) is 3.31. The van der Waals surface area contributed by atoms with Crippen molar-refractivity contribution in [2.45, 2.75) is 12.8 Å². The molecule has 5 heteroatoms. The summed E-state index contributed by atoms with van der Waals surface area (Å²) in [4.78, 5) is 17.9. The van der Waals surface area contributed by atoms with Gasteiger partial charge in [0.15, 0.2) is 0 Å². The number of aryl methyl sites for hydroxylation is 1. The fourth-order valence-electron chi connectivity index (χ4n) is 1.65. The van der Waals surface area contributed by atoms with E-state index in [1.165, 1.54) is 11.9 Å². The first-order valence-electron chi connectivity index (χ1n) is 5.78. The van der Waals surface area contributed by atoms with Crippen LogP contribution in [0.1, 0.15) is 12.0 Å². The van der Waals surface area contributed by atoms with Crippen LogP contribution in [0.4, 0.5) is 5.82 Å². The number of hydrogen-bond donors (Lipinski definition) is 2. The Balaban J connectivity index is 1.82. The smallest absolute Gasteiger partial charge is 0.267 e. The van der Waals surface area contributed by atoms with Gasteiger partial charge in [-0.25, -0.2) is 4.98 Å². The molecule has 2 rings (SSSR count). The van der Waals surface area contributed by atoms with Crippen LogP contribution >= 0.6 is 15.9 Å². The largest absolute Gasteiger partial charge is 0.369 e. The standard InChI is InChI=1S/C13H14BrN3O/c14-11-12(16-9-17-13(11)18)15-8-4-7-10-5-2-1-3-6-10/h1-3,5-6,9H,4,7-8H2,(H2,15,16,17,18). The van der Waals surface area contributed by atoms with Gasteiger partial charge < -0.3 is 10.3 Å². The fourth-order valence-corrected chi connectivity index (χ4v) is 2.01. The normalized spacial score (nSPS) is 10.3. The Kier molecular flexibility index (Phi) is 4.52. The second-order valence-corrected chi connectivity index (χ2v) is 4.70. The molecule has 0 atom stereocenters. The SMILES string of the molecule is O=c1[nH]cnc(NCCCc2ccccc2)c1Br. The number of halogens is 1. The van der Waals surface area contributed by atoms with Crippen LogP contribution in [0.25, 0.3) is 0 Å². The van der Waals surface area contributed by atoms with Crippen molar-refractivity contribution in [1.82, 2.24) is 9.97 Å². The molecule has 0 aliphatic heterocycles. The van der Waals surface area contributed by atoms with Gasteiger partial charge in [0.2, 0.25) is 0 Å². The van der Waals surface area contributed by atoms with Gasteiger partial charge in [0.25, 0.3) is 5.56 Å². The number of benzene rings is 1. The lowest BCUT2D eigenvalue weighted by Crippen LogP contribution is -2.13. The summed E-state index contributed by atoms with van der Waals surface area (Å²) in [6.07, 6.45) is 3.40. The number of nitrogens with zero attached hydrogens (tertiary/aromatic N) is 1. The average molecular weight is 308 g/mol. The zero-order valence-electron chi connectivity index (χ0n) is 9.82. The Bertz CT molecular complexity index is 554. The Morgan fingerprint density at radius 2 is 2.06 bits per heavy atom. The van der Waals surface area contributed by atoms with Crippen LogP contribution in [-0.2, 0) is 6.42 Å². The first-order valence-corrected chi connectivity index (χ1v) is 6.57. The molecule has 1 aromatic carbocycles. The van der Waals surface area contributed by atoms with Gasteiger partial charge in [0.05, 0.1) is 6.33 Å². The topological polar surface area (TPSA) is 57.8 Å². The molecular weight excluding hydrogens is 294 g/mol. The Hall–Kier alpha value is -1.62. The van der Waals surface area contributed by atoms with E-state index in [0.717, 1.165) is 19.4 Å². The van der Waals surface area contributed by atoms with E-state index in [2.05, 4.69) is 43.3 Å². The highest BCUT2D eigenvalue weighted by Gasteiger charge is 2.03. The van der Waals surface area contributed by atoms with Gasteiger partial charge in [-0.1, -0.05) is 30.3 Å². The summed E-state index contributed by atoms with van der Waals surface area (Å²) < 4.78 is 0.449. The second kappa shape index (κ2) is 6.35. The summed E-state index contributed by atoms with van der Waals surface area (Å²) in [5.74, 6) is 0.590. The molecule has 1 aromatic heterocycles. The summed E-state index contributed by atoms with van der Waals surface area (Å²) in [5.41, 5.74) is 1.15. The molecule has 1 heterocycles. The van der Waals surface area contributed by atoms with Crippen LogP contribution in [0, 0.1) is 0 Å². The molecule has 2 aromatic rings. The Morgan fingerprint density at radius 1 is 1.28 bits per heavy atom. The number of aromatic amines is 1. The molecule has 18 heavy (non-hydrogen) atoms. The average Bonchev–Trinajstić information content (AvgIpc) is 2.40. The van der Waals surface area contributed by atoms with Crippen molar-refractivity contribution >= 4 is 21.7 Å². The van der Waals surface area contributed by atoms with Crippen LogP contribution in [0.15, 0.2) is 45.9 Å². The maximum absolute atomic E-state index is 11.3. The summed E-state index contributed by atoms with van der Waals surface area (Å²) in [5, 5.41) is 3.15. The predicted octanol–water partition coefficient (Wildman–Crippen LogP) is 2.58. The predicted molar refractivity (Wildman–Crippen MR) is 75.8 cm³/mol. The van der Waals surface area contributed by atoms with Crippen molar-refractivity contribution in [3.63, 3.8) is 0 Å². The van der Waals surface area contributed by atoms with E-state index in [1.807, 2.05) is 18.2 Å². The molecule has 0 aliphatic carbocycles. The number of hydrogen-bond acceptors (Lipinski definition) is 3. The lowest BCUT2D eigenvalue weighted by Gasteiger charge is -2.06. The quantitative estimate of drug-likeness (QED) is 0.835. The highest BCUT2D eigenvalue weighted by atomic mass is 79.9. The van der Waals surface area contributed by atoms with Crippen LogP contribution in [-0.4, -0.2) is 16.5 Å². The molecule has 0 saturated carbocycles. The van der Waals surface area contributed by atoms with Crippen LogP contribution in [0.2, 0.25) is 0 Å². The van der Waals surface area contributed by atoms with Crippen molar-refractivity contribution in [2.24, 2.45) is 0 Å². The molecule has 2 N–H and O–H groups in total. The molecular formula is C13H14BrN3O. The summed E-state index contributed by atoms with van der Waals surface area (Å²) in [7, 11) is 0. The van der Waals surface area contributed by atoms with Crippen molar-refractivity contribution in [2.75, 3.05) is 11.9 Å². The summed E-state index contributed by atoms with van der Waals surface area (Å²) in [6, 6.07) is 10.3. The summed E-state index contributed by atoms with van der Waals surface area (Å²) >= 11 is 3.21. The van der Waals surface area contributed by atoms with Gasteiger partial charge in [-0.2, -0.15) is 0 Å². The maximum atomic E-state index is 11.3. The lowest BCUT2D eigenvalue weighted by atomic mass is 10.1. The lowest BCUT2D eigenvalue weighted by molar-refractivity contribution is 0.856. The molecule has 0 unspecified atom stereocenters. The third kappa shape index (κ3) is 3.43. The van der Waals surface area contributed by atoms with E-state index >= 15 is 0 Å². The monoisotopic (exact) mass is 307 g/mol. The number of anilines is 1. The van der Waals surface area contributed by atoms with E-state index in [0.29, 0.717) is 10.3 Å². The molecule has 4 nitrogen and oxygen atoms in total. The van der Waals surface area contributed by atoms with Gasteiger partial charge in [0, 0.05) is 6.54 Å². The van der Waals surface area contributed by atoms with Gasteiger partial charge in [-0.05, 0) is 34.3 Å². The Labute approximate surface area is 114 Å². The first-order chi connectivity index (χ1) is 8.77. The molecule has 94 valence electrons. The van der Waals surface area contributed by atoms with Gasteiger partial charge >= 0.3 is 0 Å². The van der Waals surface area contributed by atoms with E-state index in [4.69, 9.17) is 0 Å². The van der Waals surface area contributed by atoms with Crippen LogP contribution < -0.4 is 10.9 Å². The highest BCUT2D eigenvalue weighted by Crippen LogP contribution is 2.13. The molecule has 0 fully saturated rings. The molecule has 0 amide bonds. The van der Waals surface area contributed by atoms with Crippen LogP contribution in [0.5, 0.6) is 0 Å². The summed E-state index contributed by atoms with van der Waals surface area (Å²) in [6.45, 7) is 0.782. The van der Waals surface area contributed by atoms with E-state index < -0.39 is 0 Å². The van der Waals surface area contributed by atoms with Crippen molar-refractivity contribution < 1.29 is 0 Å². The second-order valence-electron chi connectivity index (χ2n) is 3.91. The number of aromatic nitrogens is 2. The van der Waals surface area contributed by atoms with Crippen LogP contribution in [0.3, 0.4) is 0 Å². The van der Waals surface area contributed by atoms with E-state index in [9.17, 15) is 4.79 Å². The molecule has 0 aliphatic rings. The van der Waals surface area contributed by atoms with Gasteiger partial charge in [-0.3, -0.25) is 4.79 Å². The third-order valence-electron chi connectivity index (χ3n) is 2.57. The zero-order valence-corrected chi connectivity index (χ0v) is 11.4. The minimum absolute atomic E-state index is 0.171. The van der Waals surface area contributed by atoms with Crippen molar-refractivity contribution in [1.29, 1.82) is 0 Å². The van der Waals surface area contributed by atoms with Crippen molar-refractivity contribution in [3.8, 4) is 0 Å². The molecule has 0 radical (unpaired) electrons. The zero-order chi connectivity index (χ0) is 12.8. The van der Waals surface area contributed by atoms with Gasteiger partial charge in [0.1, 0.15) is 10.3 Å². The fraction of sp³-hybridized carbons (Fsp3) is 0.231. The highest BCUT2D eigenvalue weighted by molar-refractivity contribution is 9.10. The molecule has 0 spiro atoms.